The summed E-state index contributed by atoms with van der Waals surface area (Å²) in [6, 6.07) is 13.7. The van der Waals surface area contributed by atoms with E-state index in [1.165, 1.54) is 5.56 Å². The molecule has 0 bridgehead atoms. The van der Waals surface area contributed by atoms with Crippen molar-refractivity contribution in [3.05, 3.63) is 74.9 Å². The zero-order valence-corrected chi connectivity index (χ0v) is 18.4. The molecule has 0 unspecified atom stereocenters. The highest BCUT2D eigenvalue weighted by molar-refractivity contribution is 8.01. The molecule has 144 valence electrons. The van der Waals surface area contributed by atoms with Gasteiger partial charge < -0.3 is 4.74 Å². The average Bonchev–Trinajstić information content (AvgIpc) is 2.65. The van der Waals surface area contributed by atoms with Crippen LogP contribution in [-0.4, -0.2) is 12.4 Å². The fraction of sp³-hybridized carbons (Fsp3) is 0.261. The molecule has 2 aromatic carbocycles. The Morgan fingerprint density at radius 1 is 1.11 bits per heavy atom. The zero-order valence-electron chi connectivity index (χ0n) is 16.0. The van der Waals surface area contributed by atoms with Crippen molar-refractivity contribution in [2.45, 2.75) is 30.4 Å². The molecule has 0 N–H and O–H groups in total. The van der Waals surface area contributed by atoms with Crippen LogP contribution >= 0.6 is 34.7 Å². The molecule has 0 spiro atoms. The van der Waals surface area contributed by atoms with Crippen LogP contribution in [0.15, 0.2) is 57.5 Å². The van der Waals surface area contributed by atoms with E-state index in [9.17, 15) is 4.79 Å². The Labute approximate surface area is 178 Å². The molecule has 1 aliphatic rings. The van der Waals surface area contributed by atoms with E-state index in [2.05, 4.69) is 39.0 Å². The summed E-state index contributed by atoms with van der Waals surface area (Å²) in [5.74, 6) is 1.66. The zero-order chi connectivity index (χ0) is 19.9. The smallest absolute Gasteiger partial charge is 0.196 e. The van der Waals surface area contributed by atoms with Gasteiger partial charge in [0, 0.05) is 20.9 Å². The van der Waals surface area contributed by atoms with Gasteiger partial charge in [0.1, 0.15) is 12.4 Å². The summed E-state index contributed by atoms with van der Waals surface area (Å²) < 4.78 is 8.00. The average molecular weight is 429 g/mol. The van der Waals surface area contributed by atoms with Crippen molar-refractivity contribution >= 4 is 50.4 Å². The molecule has 2 heterocycles. The number of halogens is 1. The van der Waals surface area contributed by atoms with Crippen molar-refractivity contribution in [3.8, 4) is 5.75 Å². The molecular formula is C23H21ClO2S2. The highest BCUT2D eigenvalue weighted by Crippen LogP contribution is 2.38. The maximum atomic E-state index is 13.1. The minimum Gasteiger partial charge on any atom is -0.489 e. The SMILES string of the molecule is CC(C)(C)c1ccc(OCC2=CCSc3sc4cc(Cl)ccc4c(=O)c32)cc1. The van der Waals surface area contributed by atoms with Crippen molar-refractivity contribution in [2.24, 2.45) is 0 Å². The van der Waals surface area contributed by atoms with Crippen LogP contribution in [0.3, 0.4) is 0 Å². The van der Waals surface area contributed by atoms with E-state index in [0.29, 0.717) is 11.6 Å². The van der Waals surface area contributed by atoms with Gasteiger partial charge in [-0.1, -0.05) is 50.6 Å². The van der Waals surface area contributed by atoms with Gasteiger partial charge in [0.05, 0.1) is 9.77 Å². The Hall–Kier alpha value is -1.75. The molecule has 28 heavy (non-hydrogen) atoms. The lowest BCUT2D eigenvalue weighted by atomic mass is 9.87. The van der Waals surface area contributed by atoms with E-state index in [0.717, 1.165) is 36.9 Å². The minimum absolute atomic E-state index is 0.0607. The number of ether oxygens (including phenoxy) is 1. The second kappa shape index (κ2) is 7.58. The maximum Gasteiger partial charge on any atom is 0.196 e. The number of thioether (sulfide) groups is 1. The molecule has 0 aliphatic carbocycles. The summed E-state index contributed by atoms with van der Waals surface area (Å²) in [6.07, 6.45) is 2.10. The van der Waals surface area contributed by atoms with E-state index >= 15 is 0 Å². The monoisotopic (exact) mass is 428 g/mol. The largest absolute Gasteiger partial charge is 0.489 e. The van der Waals surface area contributed by atoms with E-state index in [1.807, 2.05) is 24.3 Å². The summed E-state index contributed by atoms with van der Waals surface area (Å²) in [7, 11) is 0. The predicted molar refractivity (Wildman–Crippen MR) is 122 cm³/mol. The summed E-state index contributed by atoms with van der Waals surface area (Å²) >= 11 is 9.43. The number of hydrogen-bond acceptors (Lipinski definition) is 4. The summed E-state index contributed by atoms with van der Waals surface area (Å²) in [4.78, 5) is 13.1. The quantitative estimate of drug-likeness (QED) is 0.459. The van der Waals surface area contributed by atoms with Gasteiger partial charge in [-0.3, -0.25) is 4.79 Å². The van der Waals surface area contributed by atoms with Crippen LogP contribution in [0.1, 0.15) is 31.9 Å². The van der Waals surface area contributed by atoms with Crippen LogP contribution in [0.2, 0.25) is 5.02 Å². The van der Waals surface area contributed by atoms with Gasteiger partial charge in [0.2, 0.25) is 0 Å². The lowest BCUT2D eigenvalue weighted by Crippen LogP contribution is -2.15. The van der Waals surface area contributed by atoms with Crippen molar-refractivity contribution < 1.29 is 4.74 Å². The molecular weight excluding hydrogens is 408 g/mol. The lowest BCUT2D eigenvalue weighted by molar-refractivity contribution is 0.369. The molecule has 0 atom stereocenters. The molecule has 1 aliphatic heterocycles. The van der Waals surface area contributed by atoms with Crippen LogP contribution in [0.5, 0.6) is 5.75 Å². The molecule has 0 radical (unpaired) electrons. The number of hydrogen-bond donors (Lipinski definition) is 0. The molecule has 5 heteroatoms. The van der Waals surface area contributed by atoms with Crippen molar-refractivity contribution in [1.29, 1.82) is 0 Å². The lowest BCUT2D eigenvalue weighted by Gasteiger charge is -2.20. The Bertz CT molecular complexity index is 1120. The highest BCUT2D eigenvalue weighted by atomic mass is 35.5. The third-order valence-electron chi connectivity index (χ3n) is 4.80. The Balaban J connectivity index is 1.62. The van der Waals surface area contributed by atoms with E-state index in [1.54, 1.807) is 29.2 Å². The second-order valence-corrected chi connectivity index (χ2v) is 10.6. The minimum atomic E-state index is 0.0607. The molecule has 0 amide bonds. The van der Waals surface area contributed by atoms with Crippen LogP contribution in [-0.2, 0) is 5.41 Å². The second-order valence-electron chi connectivity index (χ2n) is 7.84. The van der Waals surface area contributed by atoms with Crippen LogP contribution in [0.4, 0.5) is 0 Å². The van der Waals surface area contributed by atoms with E-state index in [-0.39, 0.29) is 10.8 Å². The first-order valence-electron chi connectivity index (χ1n) is 9.15. The molecule has 2 nitrogen and oxygen atoms in total. The third-order valence-corrected chi connectivity index (χ3v) is 7.39. The Morgan fingerprint density at radius 3 is 2.57 bits per heavy atom. The van der Waals surface area contributed by atoms with E-state index < -0.39 is 0 Å². The third kappa shape index (κ3) is 3.86. The molecule has 0 saturated carbocycles. The normalized spacial score (nSPS) is 13.9. The molecule has 1 aromatic heterocycles. The van der Waals surface area contributed by atoms with Crippen LogP contribution in [0, 0.1) is 0 Å². The fourth-order valence-electron chi connectivity index (χ4n) is 3.19. The maximum absolute atomic E-state index is 13.1. The first kappa shape index (κ1) is 19.6. The standard InChI is InChI=1S/C23H21ClO2S2/c1-23(2,3)15-4-7-17(8-5-15)26-13-14-10-11-27-22-20(14)21(25)18-9-6-16(24)12-19(18)28-22/h4-10,12H,11,13H2,1-3H3. The molecule has 3 aromatic rings. The molecule has 0 saturated heterocycles. The Morgan fingerprint density at radius 2 is 1.86 bits per heavy atom. The van der Waals surface area contributed by atoms with Gasteiger partial charge in [0.25, 0.3) is 0 Å². The topological polar surface area (TPSA) is 26.3 Å². The van der Waals surface area contributed by atoms with Crippen LogP contribution < -0.4 is 10.2 Å². The summed E-state index contributed by atoms with van der Waals surface area (Å²) in [5.41, 5.74) is 3.19. The first-order chi connectivity index (χ1) is 13.3. The number of benzene rings is 2. The van der Waals surface area contributed by atoms with Gasteiger partial charge >= 0.3 is 0 Å². The van der Waals surface area contributed by atoms with Gasteiger partial charge in [-0.15, -0.1) is 23.1 Å². The van der Waals surface area contributed by atoms with Crippen molar-refractivity contribution in [1.82, 2.24) is 0 Å². The first-order valence-corrected chi connectivity index (χ1v) is 11.3. The summed E-state index contributed by atoms with van der Waals surface area (Å²) in [5, 5.41) is 1.37. The van der Waals surface area contributed by atoms with Crippen molar-refractivity contribution in [3.63, 3.8) is 0 Å². The van der Waals surface area contributed by atoms with Gasteiger partial charge in [-0.05, 0) is 46.9 Å². The van der Waals surface area contributed by atoms with Crippen LogP contribution in [0.25, 0.3) is 15.7 Å². The Kier molecular flexibility index (Phi) is 5.30. The molecule has 0 fully saturated rings. The predicted octanol–water partition coefficient (Wildman–Crippen LogP) is 6.78. The van der Waals surface area contributed by atoms with Gasteiger partial charge in [-0.2, -0.15) is 0 Å². The van der Waals surface area contributed by atoms with Gasteiger partial charge in [-0.25, -0.2) is 0 Å². The van der Waals surface area contributed by atoms with E-state index in [4.69, 9.17) is 16.3 Å². The van der Waals surface area contributed by atoms with Crippen molar-refractivity contribution in [2.75, 3.05) is 12.4 Å². The molecule has 4 rings (SSSR count). The number of rotatable bonds is 3. The fourth-order valence-corrected chi connectivity index (χ4v) is 5.92. The van der Waals surface area contributed by atoms with Gasteiger partial charge in [0.15, 0.2) is 5.43 Å². The highest BCUT2D eigenvalue weighted by Gasteiger charge is 2.21. The number of fused-ring (bicyclic) bond motifs is 2. The summed E-state index contributed by atoms with van der Waals surface area (Å²) in [6.45, 7) is 6.97.